The highest BCUT2D eigenvalue weighted by molar-refractivity contribution is 6.31. The maximum Gasteiger partial charge on any atom is 0.276 e. The molecule has 1 N–H and O–H groups in total. The van der Waals surface area contributed by atoms with Gasteiger partial charge in [0.15, 0.2) is 0 Å². The van der Waals surface area contributed by atoms with Crippen LogP contribution in [0.15, 0.2) is 96.6 Å². The number of carbonyl (C=O) groups is 2. The van der Waals surface area contributed by atoms with Crippen LogP contribution < -0.4 is 4.90 Å². The van der Waals surface area contributed by atoms with Crippen molar-refractivity contribution in [2.75, 3.05) is 4.90 Å². The van der Waals surface area contributed by atoms with Crippen LogP contribution in [0.4, 0.5) is 5.69 Å². The summed E-state index contributed by atoms with van der Waals surface area (Å²) in [6, 6.07) is 26.9. The maximum absolute atomic E-state index is 13.7. The largest absolute Gasteiger partial charge is 0.369 e. The van der Waals surface area contributed by atoms with Gasteiger partial charge in [0.25, 0.3) is 5.91 Å². The molecule has 0 bridgehead atoms. The van der Waals surface area contributed by atoms with E-state index in [1.54, 1.807) is 42.5 Å². The van der Waals surface area contributed by atoms with Crippen LogP contribution in [0.1, 0.15) is 24.5 Å². The van der Waals surface area contributed by atoms with Crippen molar-refractivity contribution in [2.24, 2.45) is 0 Å². The van der Waals surface area contributed by atoms with E-state index in [0.29, 0.717) is 23.4 Å². The summed E-state index contributed by atoms with van der Waals surface area (Å²) < 4.78 is 0. The molecule has 4 nitrogen and oxygen atoms in total. The van der Waals surface area contributed by atoms with Crippen LogP contribution in [0.3, 0.4) is 0 Å². The van der Waals surface area contributed by atoms with Crippen LogP contribution >= 0.6 is 0 Å². The van der Waals surface area contributed by atoms with Gasteiger partial charge in [-0.25, -0.2) is 0 Å². The molecule has 0 aliphatic carbocycles. The number of Topliss-reactive ketones (excluding diaryl/α,β-unsaturated/α-hetero) is 1. The molecule has 1 unspecified atom stereocenters. The Morgan fingerprint density at radius 3 is 1.86 bits per heavy atom. The van der Waals surface area contributed by atoms with Gasteiger partial charge in [-0.05, 0) is 24.1 Å². The van der Waals surface area contributed by atoms with Gasteiger partial charge in [0, 0.05) is 16.8 Å². The first-order chi connectivity index (χ1) is 14.1. The van der Waals surface area contributed by atoms with Crippen molar-refractivity contribution in [1.82, 2.24) is 0 Å². The first kappa shape index (κ1) is 18.8. The van der Waals surface area contributed by atoms with E-state index in [2.05, 4.69) is 0 Å². The van der Waals surface area contributed by atoms with Crippen LogP contribution in [0.5, 0.6) is 0 Å². The molecular weight excluding hydrogens is 362 g/mol. The second-order valence-electron chi connectivity index (χ2n) is 6.93. The normalized spacial score (nSPS) is 19.6. The standard InChI is InChI=1S/C25H21NO3/c1-2-21-22(18-12-6-3-7-13-18)26(20-16-10-5-11-17-20)24(28)25(29,23(21)27)19-14-8-4-9-15-19/h3-17,29H,2H2,1H3. The summed E-state index contributed by atoms with van der Waals surface area (Å²) in [7, 11) is 0. The number of hydrogen-bond donors (Lipinski definition) is 1. The van der Waals surface area contributed by atoms with Gasteiger partial charge in [-0.1, -0.05) is 85.8 Å². The first-order valence-electron chi connectivity index (χ1n) is 9.60. The summed E-state index contributed by atoms with van der Waals surface area (Å²) in [5.74, 6) is -1.24. The van der Waals surface area contributed by atoms with E-state index >= 15 is 0 Å². The van der Waals surface area contributed by atoms with Gasteiger partial charge in [0.2, 0.25) is 11.4 Å². The zero-order valence-corrected chi connectivity index (χ0v) is 16.1. The summed E-state index contributed by atoms with van der Waals surface area (Å²) in [6.07, 6.45) is 0.384. The number of hydrogen-bond acceptors (Lipinski definition) is 3. The second-order valence-corrected chi connectivity index (χ2v) is 6.93. The van der Waals surface area contributed by atoms with Crippen LogP contribution in [0.25, 0.3) is 5.70 Å². The molecule has 1 aliphatic heterocycles. The van der Waals surface area contributed by atoms with E-state index in [1.165, 1.54) is 4.90 Å². The Labute approximate surface area is 169 Å². The van der Waals surface area contributed by atoms with E-state index in [0.717, 1.165) is 5.56 Å². The fraction of sp³-hybridized carbons (Fsp3) is 0.120. The molecule has 3 aromatic carbocycles. The Morgan fingerprint density at radius 2 is 1.31 bits per heavy atom. The molecule has 29 heavy (non-hydrogen) atoms. The van der Waals surface area contributed by atoms with Crippen molar-refractivity contribution in [3.8, 4) is 0 Å². The zero-order valence-electron chi connectivity index (χ0n) is 16.1. The fourth-order valence-corrected chi connectivity index (χ4v) is 3.81. The van der Waals surface area contributed by atoms with Crippen molar-refractivity contribution < 1.29 is 14.7 Å². The fourth-order valence-electron chi connectivity index (χ4n) is 3.81. The number of para-hydroxylation sites is 1. The van der Waals surface area contributed by atoms with E-state index in [9.17, 15) is 14.7 Å². The third-order valence-corrected chi connectivity index (χ3v) is 5.23. The lowest BCUT2D eigenvalue weighted by molar-refractivity contribution is -0.149. The van der Waals surface area contributed by atoms with Crippen molar-refractivity contribution in [1.29, 1.82) is 0 Å². The number of benzene rings is 3. The smallest absolute Gasteiger partial charge is 0.276 e. The minimum atomic E-state index is -2.26. The Kier molecular flexibility index (Phi) is 4.87. The Morgan fingerprint density at radius 1 is 0.793 bits per heavy atom. The molecule has 0 saturated carbocycles. The SMILES string of the molecule is CCC1=C(c2ccccc2)N(c2ccccc2)C(=O)C(O)(c2ccccc2)C1=O. The maximum atomic E-state index is 13.7. The van der Waals surface area contributed by atoms with Crippen LogP contribution in [-0.4, -0.2) is 16.8 Å². The van der Waals surface area contributed by atoms with Gasteiger partial charge in [0.05, 0.1) is 5.70 Å². The first-order valence-corrected chi connectivity index (χ1v) is 9.60. The third kappa shape index (κ3) is 2.98. The molecule has 0 fully saturated rings. The lowest BCUT2D eigenvalue weighted by Crippen LogP contribution is -2.56. The number of amides is 1. The third-order valence-electron chi connectivity index (χ3n) is 5.23. The molecule has 1 atom stereocenters. The van der Waals surface area contributed by atoms with Gasteiger partial charge >= 0.3 is 0 Å². The minimum absolute atomic E-state index is 0.272. The number of aliphatic hydroxyl groups is 1. The minimum Gasteiger partial charge on any atom is -0.369 e. The number of anilines is 1. The molecule has 4 heteroatoms. The van der Waals surface area contributed by atoms with Crippen molar-refractivity contribution in [3.63, 3.8) is 0 Å². The summed E-state index contributed by atoms with van der Waals surface area (Å²) in [4.78, 5) is 28.7. The average Bonchev–Trinajstić information content (AvgIpc) is 2.79. The van der Waals surface area contributed by atoms with Gasteiger partial charge in [-0.3, -0.25) is 14.5 Å². The summed E-state index contributed by atoms with van der Waals surface area (Å²) in [6.45, 7) is 1.86. The summed E-state index contributed by atoms with van der Waals surface area (Å²) >= 11 is 0. The van der Waals surface area contributed by atoms with Crippen LogP contribution in [0, 0.1) is 0 Å². The molecule has 0 spiro atoms. The highest BCUT2D eigenvalue weighted by atomic mass is 16.3. The summed E-state index contributed by atoms with van der Waals surface area (Å²) in [5, 5.41) is 11.5. The quantitative estimate of drug-likeness (QED) is 0.683. The van der Waals surface area contributed by atoms with Crippen LogP contribution in [-0.2, 0) is 15.2 Å². The predicted molar refractivity (Wildman–Crippen MR) is 113 cm³/mol. The molecule has 1 heterocycles. The number of rotatable bonds is 4. The molecule has 0 aromatic heterocycles. The lowest BCUT2D eigenvalue weighted by Gasteiger charge is -2.40. The molecule has 0 saturated heterocycles. The zero-order chi connectivity index (χ0) is 20.4. The molecule has 3 aromatic rings. The van der Waals surface area contributed by atoms with Gasteiger partial charge < -0.3 is 5.11 Å². The summed E-state index contributed by atoms with van der Waals surface area (Å²) in [5.41, 5.74) is 0.310. The second kappa shape index (κ2) is 7.49. The van der Waals surface area contributed by atoms with E-state index < -0.39 is 17.3 Å². The highest BCUT2D eigenvalue weighted by Crippen LogP contribution is 2.42. The molecule has 0 radical (unpaired) electrons. The van der Waals surface area contributed by atoms with E-state index in [-0.39, 0.29) is 5.56 Å². The predicted octanol–water partition coefficient (Wildman–Crippen LogP) is 4.31. The van der Waals surface area contributed by atoms with Gasteiger partial charge in [-0.2, -0.15) is 0 Å². The Bertz CT molecular complexity index is 1070. The van der Waals surface area contributed by atoms with Crippen molar-refractivity contribution >= 4 is 23.1 Å². The molecule has 4 rings (SSSR count). The van der Waals surface area contributed by atoms with E-state index in [4.69, 9.17) is 0 Å². The molecule has 1 amide bonds. The van der Waals surface area contributed by atoms with Gasteiger partial charge in [0.1, 0.15) is 0 Å². The number of carbonyl (C=O) groups excluding carboxylic acids is 2. The number of ketones is 1. The topological polar surface area (TPSA) is 57.6 Å². The Hall–Kier alpha value is -3.50. The Balaban J connectivity index is 2.03. The average molecular weight is 383 g/mol. The van der Waals surface area contributed by atoms with Crippen molar-refractivity contribution in [3.05, 3.63) is 108 Å². The van der Waals surface area contributed by atoms with Crippen LogP contribution in [0.2, 0.25) is 0 Å². The number of nitrogens with zero attached hydrogens (tertiary/aromatic N) is 1. The van der Waals surface area contributed by atoms with Gasteiger partial charge in [-0.15, -0.1) is 0 Å². The lowest BCUT2D eigenvalue weighted by atomic mass is 9.78. The molecular formula is C25H21NO3. The van der Waals surface area contributed by atoms with E-state index in [1.807, 2.05) is 55.5 Å². The highest BCUT2D eigenvalue weighted by Gasteiger charge is 2.54. The molecule has 144 valence electrons. The molecule has 1 aliphatic rings. The monoisotopic (exact) mass is 383 g/mol. The van der Waals surface area contributed by atoms with Crippen molar-refractivity contribution in [2.45, 2.75) is 18.9 Å².